The van der Waals surface area contributed by atoms with E-state index in [0.29, 0.717) is 11.1 Å². The van der Waals surface area contributed by atoms with Crippen LogP contribution in [0.4, 0.5) is 0 Å². The predicted octanol–water partition coefficient (Wildman–Crippen LogP) is 3.20. The fourth-order valence-electron chi connectivity index (χ4n) is 2.26. The third kappa shape index (κ3) is 4.43. The molecule has 0 saturated carbocycles. The summed E-state index contributed by atoms with van der Waals surface area (Å²) in [7, 11) is 0. The Labute approximate surface area is 140 Å². The molecule has 2 aromatic carbocycles. The second kappa shape index (κ2) is 7.44. The van der Waals surface area contributed by atoms with Gasteiger partial charge in [-0.15, -0.1) is 10.2 Å². The van der Waals surface area contributed by atoms with Crippen LogP contribution in [-0.4, -0.2) is 10.2 Å². The minimum atomic E-state index is -0.0291. The van der Waals surface area contributed by atoms with E-state index < -0.39 is 0 Å². The van der Waals surface area contributed by atoms with Crippen LogP contribution in [0, 0.1) is 6.92 Å². The number of thioether (sulfide) groups is 1. The summed E-state index contributed by atoms with van der Waals surface area (Å²) in [5.74, 6) is 1.42. The van der Waals surface area contributed by atoms with Crippen LogP contribution < -0.4 is 5.73 Å². The number of aryl methyl sites for hydroxylation is 1. The molecule has 1 atom stereocenters. The highest BCUT2D eigenvalue weighted by Gasteiger charge is 2.18. The SMILES string of the molecule is Cc1ccc(CSc2nnc(C([NH3+])Cc3ccccc3)o2)cc1. The molecule has 0 aliphatic carbocycles. The van der Waals surface area contributed by atoms with Crippen molar-refractivity contribution in [3.63, 3.8) is 0 Å². The number of aromatic nitrogens is 2. The molecular weight excluding hydrogens is 306 g/mol. The molecular formula is C18H20N3OS+. The number of nitrogens with zero attached hydrogens (tertiary/aromatic N) is 2. The van der Waals surface area contributed by atoms with Gasteiger partial charge in [0.1, 0.15) is 0 Å². The zero-order valence-corrected chi connectivity index (χ0v) is 13.9. The molecule has 0 aliphatic rings. The Kier molecular flexibility index (Phi) is 5.10. The van der Waals surface area contributed by atoms with Gasteiger partial charge in [0.05, 0.1) is 0 Å². The van der Waals surface area contributed by atoms with Crippen molar-refractivity contribution in [2.45, 2.75) is 30.4 Å². The van der Waals surface area contributed by atoms with E-state index in [1.165, 1.54) is 16.7 Å². The molecule has 23 heavy (non-hydrogen) atoms. The number of hydrogen-bond acceptors (Lipinski definition) is 4. The predicted molar refractivity (Wildman–Crippen MR) is 90.8 cm³/mol. The minimum absolute atomic E-state index is 0.0291. The second-order valence-corrected chi connectivity index (χ2v) is 6.49. The fraction of sp³-hybridized carbons (Fsp3) is 0.222. The molecule has 5 heteroatoms. The second-order valence-electron chi connectivity index (χ2n) is 5.57. The molecule has 3 N–H and O–H groups in total. The molecule has 118 valence electrons. The van der Waals surface area contributed by atoms with E-state index >= 15 is 0 Å². The van der Waals surface area contributed by atoms with Crippen LogP contribution in [0.3, 0.4) is 0 Å². The van der Waals surface area contributed by atoms with Crippen molar-refractivity contribution in [1.29, 1.82) is 0 Å². The van der Waals surface area contributed by atoms with Crippen LogP contribution in [0.5, 0.6) is 0 Å². The first-order valence-corrected chi connectivity index (χ1v) is 8.58. The van der Waals surface area contributed by atoms with Gasteiger partial charge in [-0.05, 0) is 18.1 Å². The third-order valence-corrected chi connectivity index (χ3v) is 4.47. The average Bonchev–Trinajstić information content (AvgIpc) is 3.04. The van der Waals surface area contributed by atoms with Crippen molar-refractivity contribution in [2.24, 2.45) is 0 Å². The quantitative estimate of drug-likeness (QED) is 0.706. The Bertz CT molecular complexity index is 740. The van der Waals surface area contributed by atoms with Gasteiger partial charge in [-0.25, -0.2) is 0 Å². The summed E-state index contributed by atoms with van der Waals surface area (Å²) >= 11 is 1.56. The fourth-order valence-corrected chi connectivity index (χ4v) is 2.98. The Morgan fingerprint density at radius 3 is 2.48 bits per heavy atom. The minimum Gasteiger partial charge on any atom is -0.410 e. The van der Waals surface area contributed by atoms with Gasteiger partial charge in [0.2, 0.25) is 0 Å². The topological polar surface area (TPSA) is 66.6 Å². The molecule has 0 radical (unpaired) electrons. The summed E-state index contributed by atoms with van der Waals surface area (Å²) in [6, 6.07) is 18.7. The molecule has 0 fully saturated rings. The number of rotatable bonds is 6. The number of benzene rings is 2. The molecule has 3 aromatic rings. The van der Waals surface area contributed by atoms with Crippen LogP contribution in [0.1, 0.15) is 28.6 Å². The maximum Gasteiger partial charge on any atom is 0.277 e. The normalized spacial score (nSPS) is 12.3. The lowest BCUT2D eigenvalue weighted by Crippen LogP contribution is -2.54. The van der Waals surface area contributed by atoms with Gasteiger partial charge in [-0.2, -0.15) is 0 Å². The highest BCUT2D eigenvalue weighted by atomic mass is 32.2. The van der Waals surface area contributed by atoms with Crippen LogP contribution in [-0.2, 0) is 12.2 Å². The van der Waals surface area contributed by atoms with Gasteiger partial charge >= 0.3 is 0 Å². The number of quaternary nitrogens is 1. The van der Waals surface area contributed by atoms with Crippen molar-refractivity contribution in [2.75, 3.05) is 0 Å². The standard InChI is InChI=1S/C18H19N3OS/c1-13-7-9-15(10-8-13)12-23-18-21-20-17(22-18)16(19)11-14-5-3-2-4-6-14/h2-10,16H,11-12,19H2,1H3/p+1. The van der Waals surface area contributed by atoms with Crippen LogP contribution in [0.15, 0.2) is 64.2 Å². The van der Waals surface area contributed by atoms with Crippen molar-refractivity contribution in [1.82, 2.24) is 10.2 Å². The van der Waals surface area contributed by atoms with Gasteiger partial charge in [-0.3, -0.25) is 0 Å². The lowest BCUT2D eigenvalue weighted by Gasteiger charge is -2.03. The largest absolute Gasteiger partial charge is 0.410 e. The van der Waals surface area contributed by atoms with Crippen LogP contribution >= 0.6 is 11.8 Å². The highest BCUT2D eigenvalue weighted by molar-refractivity contribution is 7.98. The van der Waals surface area contributed by atoms with E-state index in [2.05, 4.69) is 59.3 Å². The molecule has 0 aliphatic heterocycles. The highest BCUT2D eigenvalue weighted by Crippen LogP contribution is 2.23. The van der Waals surface area contributed by atoms with E-state index in [4.69, 9.17) is 4.42 Å². The maximum absolute atomic E-state index is 5.74. The Morgan fingerprint density at radius 1 is 1.00 bits per heavy atom. The third-order valence-electron chi connectivity index (χ3n) is 3.58. The molecule has 0 saturated heterocycles. The van der Waals surface area contributed by atoms with Gasteiger partial charge in [0, 0.05) is 12.2 Å². The van der Waals surface area contributed by atoms with E-state index in [-0.39, 0.29) is 6.04 Å². The summed E-state index contributed by atoms with van der Waals surface area (Å²) in [6.07, 6.45) is 0.797. The van der Waals surface area contributed by atoms with E-state index in [1.807, 2.05) is 18.2 Å². The summed E-state index contributed by atoms with van der Waals surface area (Å²) in [4.78, 5) is 0. The zero-order chi connectivity index (χ0) is 16.1. The van der Waals surface area contributed by atoms with E-state index in [9.17, 15) is 0 Å². The summed E-state index contributed by atoms with van der Waals surface area (Å²) in [5.41, 5.74) is 7.87. The first-order chi connectivity index (χ1) is 11.2. The molecule has 0 spiro atoms. The average molecular weight is 326 g/mol. The Morgan fingerprint density at radius 2 is 1.74 bits per heavy atom. The molecule has 3 rings (SSSR count). The van der Waals surface area contributed by atoms with Gasteiger partial charge in [-0.1, -0.05) is 71.9 Å². The summed E-state index contributed by atoms with van der Waals surface area (Å²) in [6.45, 7) is 2.09. The first-order valence-electron chi connectivity index (χ1n) is 7.59. The molecule has 1 aromatic heterocycles. The summed E-state index contributed by atoms with van der Waals surface area (Å²) < 4.78 is 5.74. The van der Waals surface area contributed by atoms with Crippen molar-refractivity contribution >= 4 is 11.8 Å². The van der Waals surface area contributed by atoms with E-state index in [1.54, 1.807) is 11.8 Å². The lowest BCUT2D eigenvalue weighted by atomic mass is 10.1. The van der Waals surface area contributed by atoms with E-state index in [0.717, 1.165) is 12.2 Å². The molecule has 1 heterocycles. The van der Waals surface area contributed by atoms with Crippen LogP contribution in [0.25, 0.3) is 0 Å². The lowest BCUT2D eigenvalue weighted by molar-refractivity contribution is -0.431. The zero-order valence-electron chi connectivity index (χ0n) is 13.1. The Hall–Kier alpha value is -2.11. The van der Waals surface area contributed by atoms with Gasteiger partial charge in [0.15, 0.2) is 6.04 Å². The summed E-state index contributed by atoms with van der Waals surface area (Å²) in [5, 5.41) is 8.86. The van der Waals surface area contributed by atoms with Crippen molar-refractivity contribution in [3.05, 3.63) is 77.2 Å². The molecule has 4 nitrogen and oxygen atoms in total. The first kappa shape index (κ1) is 15.8. The van der Waals surface area contributed by atoms with Crippen molar-refractivity contribution in [3.8, 4) is 0 Å². The molecule has 0 bridgehead atoms. The smallest absolute Gasteiger partial charge is 0.277 e. The number of hydrogen-bond donors (Lipinski definition) is 1. The van der Waals surface area contributed by atoms with Crippen molar-refractivity contribution < 1.29 is 10.2 Å². The van der Waals surface area contributed by atoms with Crippen LogP contribution in [0.2, 0.25) is 0 Å². The monoisotopic (exact) mass is 326 g/mol. The van der Waals surface area contributed by atoms with Gasteiger partial charge in [0.25, 0.3) is 11.1 Å². The maximum atomic E-state index is 5.74. The Balaban J connectivity index is 1.58. The molecule has 0 amide bonds. The molecule has 1 unspecified atom stereocenters. The van der Waals surface area contributed by atoms with Gasteiger partial charge < -0.3 is 10.2 Å².